The summed E-state index contributed by atoms with van der Waals surface area (Å²) in [5.41, 5.74) is 0. The Bertz CT molecular complexity index is 344. The van der Waals surface area contributed by atoms with E-state index in [4.69, 9.17) is 9.84 Å². The first-order valence-corrected chi connectivity index (χ1v) is 7.51. The van der Waals surface area contributed by atoms with Crippen LogP contribution in [0.5, 0.6) is 0 Å². The third-order valence-corrected chi connectivity index (χ3v) is 3.84. The molecule has 2 rings (SSSR count). The van der Waals surface area contributed by atoms with E-state index in [-0.39, 0.29) is 18.5 Å². The summed E-state index contributed by atoms with van der Waals surface area (Å²) in [4.78, 5) is 24.4. The van der Waals surface area contributed by atoms with Crippen LogP contribution in [0.3, 0.4) is 0 Å². The first-order chi connectivity index (χ1) is 9.66. The molecule has 1 unspecified atom stereocenters. The standard InChI is InChI=1S/C14H24N2O4/c17-13(18)9-12-3-1-7-16(12)14(19)15-6-2-8-20-10-11-4-5-11/h11-12H,1-10H2,(H,15,19)(H,17,18). The summed E-state index contributed by atoms with van der Waals surface area (Å²) < 4.78 is 5.50. The number of urea groups is 1. The van der Waals surface area contributed by atoms with Gasteiger partial charge >= 0.3 is 12.0 Å². The quantitative estimate of drug-likeness (QED) is 0.661. The first-order valence-electron chi connectivity index (χ1n) is 7.51. The van der Waals surface area contributed by atoms with Gasteiger partial charge in [0.1, 0.15) is 0 Å². The van der Waals surface area contributed by atoms with Gasteiger partial charge in [-0.3, -0.25) is 4.79 Å². The van der Waals surface area contributed by atoms with Crippen molar-refractivity contribution < 1.29 is 19.4 Å². The molecule has 1 saturated carbocycles. The van der Waals surface area contributed by atoms with Crippen LogP contribution in [0, 0.1) is 5.92 Å². The summed E-state index contributed by atoms with van der Waals surface area (Å²) in [5, 5.41) is 11.7. The van der Waals surface area contributed by atoms with Crippen LogP contribution in [0.15, 0.2) is 0 Å². The van der Waals surface area contributed by atoms with Crippen molar-refractivity contribution in [2.45, 2.75) is 44.6 Å². The normalized spacial score (nSPS) is 22.0. The van der Waals surface area contributed by atoms with Crippen LogP contribution in [0.4, 0.5) is 4.79 Å². The molecule has 0 aromatic heterocycles. The number of hydrogen-bond donors (Lipinski definition) is 2. The molecule has 0 aromatic rings. The first kappa shape index (κ1) is 15.1. The van der Waals surface area contributed by atoms with Crippen LogP contribution in [-0.2, 0) is 9.53 Å². The van der Waals surface area contributed by atoms with Gasteiger partial charge in [0.15, 0.2) is 0 Å². The van der Waals surface area contributed by atoms with Gasteiger partial charge in [-0.1, -0.05) is 0 Å². The summed E-state index contributed by atoms with van der Waals surface area (Å²) >= 11 is 0. The Balaban J connectivity index is 1.56. The van der Waals surface area contributed by atoms with Crippen molar-refractivity contribution in [2.75, 3.05) is 26.3 Å². The predicted octanol–water partition coefficient (Wildman–Crippen LogP) is 1.45. The molecular weight excluding hydrogens is 260 g/mol. The maximum Gasteiger partial charge on any atom is 0.317 e. The average Bonchev–Trinajstić information content (AvgIpc) is 3.11. The molecule has 0 spiro atoms. The van der Waals surface area contributed by atoms with Gasteiger partial charge < -0.3 is 20.1 Å². The van der Waals surface area contributed by atoms with Crippen LogP contribution >= 0.6 is 0 Å². The number of hydrogen-bond acceptors (Lipinski definition) is 3. The van der Waals surface area contributed by atoms with Gasteiger partial charge in [0.25, 0.3) is 0 Å². The van der Waals surface area contributed by atoms with Crippen molar-refractivity contribution in [3.8, 4) is 0 Å². The molecule has 2 amide bonds. The fourth-order valence-corrected chi connectivity index (χ4v) is 2.52. The van der Waals surface area contributed by atoms with E-state index < -0.39 is 5.97 Å². The fraction of sp³-hybridized carbons (Fsp3) is 0.857. The zero-order valence-electron chi connectivity index (χ0n) is 11.8. The maximum absolute atomic E-state index is 12.0. The van der Waals surface area contributed by atoms with E-state index in [0.29, 0.717) is 19.7 Å². The van der Waals surface area contributed by atoms with E-state index in [1.807, 2.05) is 0 Å². The molecule has 1 aliphatic heterocycles. The molecular formula is C14H24N2O4. The van der Waals surface area contributed by atoms with Gasteiger partial charge in [-0.05, 0) is 38.0 Å². The highest BCUT2D eigenvalue weighted by molar-refractivity contribution is 5.76. The molecule has 1 heterocycles. The second-order valence-corrected chi connectivity index (χ2v) is 5.69. The zero-order chi connectivity index (χ0) is 14.4. The minimum Gasteiger partial charge on any atom is -0.481 e. The molecule has 0 radical (unpaired) electrons. The minimum atomic E-state index is -0.844. The Morgan fingerprint density at radius 1 is 1.30 bits per heavy atom. The monoisotopic (exact) mass is 284 g/mol. The number of amides is 2. The molecule has 2 aliphatic rings. The number of carbonyl (C=O) groups is 2. The average molecular weight is 284 g/mol. The van der Waals surface area contributed by atoms with Crippen molar-refractivity contribution in [3.05, 3.63) is 0 Å². The van der Waals surface area contributed by atoms with Gasteiger partial charge in [0.2, 0.25) is 0 Å². The largest absolute Gasteiger partial charge is 0.481 e. The van der Waals surface area contributed by atoms with E-state index >= 15 is 0 Å². The SMILES string of the molecule is O=C(O)CC1CCCN1C(=O)NCCCOCC1CC1. The molecule has 1 aliphatic carbocycles. The summed E-state index contributed by atoms with van der Waals surface area (Å²) in [6.45, 7) is 2.76. The number of rotatable bonds is 8. The number of carboxylic acids is 1. The number of carboxylic acid groups (broad SMARTS) is 1. The second-order valence-electron chi connectivity index (χ2n) is 5.69. The Morgan fingerprint density at radius 3 is 2.80 bits per heavy atom. The molecule has 114 valence electrons. The smallest absolute Gasteiger partial charge is 0.317 e. The lowest BCUT2D eigenvalue weighted by atomic mass is 10.1. The van der Waals surface area contributed by atoms with E-state index in [1.54, 1.807) is 4.90 Å². The lowest BCUT2D eigenvalue weighted by Gasteiger charge is -2.23. The third kappa shape index (κ3) is 5.00. The highest BCUT2D eigenvalue weighted by Gasteiger charge is 2.30. The summed E-state index contributed by atoms with van der Waals surface area (Å²) in [5.74, 6) is -0.0749. The van der Waals surface area contributed by atoms with E-state index in [2.05, 4.69) is 5.32 Å². The van der Waals surface area contributed by atoms with Gasteiger partial charge in [-0.2, -0.15) is 0 Å². The van der Waals surface area contributed by atoms with Crippen molar-refractivity contribution in [3.63, 3.8) is 0 Å². The molecule has 6 nitrogen and oxygen atoms in total. The number of ether oxygens (including phenoxy) is 1. The summed E-state index contributed by atoms with van der Waals surface area (Å²) in [6, 6.07) is -0.297. The highest BCUT2D eigenvalue weighted by Crippen LogP contribution is 2.28. The van der Waals surface area contributed by atoms with Crippen molar-refractivity contribution in [2.24, 2.45) is 5.92 Å². The van der Waals surface area contributed by atoms with E-state index in [1.165, 1.54) is 12.8 Å². The number of likely N-dealkylation sites (tertiary alicyclic amines) is 1. The van der Waals surface area contributed by atoms with Crippen molar-refractivity contribution in [1.29, 1.82) is 0 Å². The van der Waals surface area contributed by atoms with Crippen LogP contribution in [0.25, 0.3) is 0 Å². The lowest BCUT2D eigenvalue weighted by molar-refractivity contribution is -0.137. The topological polar surface area (TPSA) is 78.9 Å². The lowest BCUT2D eigenvalue weighted by Crippen LogP contribution is -2.44. The number of carbonyl (C=O) groups excluding carboxylic acids is 1. The maximum atomic E-state index is 12.0. The molecule has 1 saturated heterocycles. The van der Waals surface area contributed by atoms with Gasteiger partial charge in [-0.15, -0.1) is 0 Å². The van der Waals surface area contributed by atoms with Gasteiger partial charge in [-0.25, -0.2) is 4.79 Å². The Hall–Kier alpha value is -1.30. The van der Waals surface area contributed by atoms with Crippen molar-refractivity contribution in [1.82, 2.24) is 10.2 Å². The second kappa shape index (κ2) is 7.47. The van der Waals surface area contributed by atoms with Crippen LogP contribution in [0.2, 0.25) is 0 Å². The molecule has 6 heteroatoms. The number of aliphatic carboxylic acids is 1. The number of nitrogens with one attached hydrogen (secondary N) is 1. The minimum absolute atomic E-state index is 0.0396. The molecule has 2 N–H and O–H groups in total. The predicted molar refractivity (Wildman–Crippen MR) is 73.5 cm³/mol. The Labute approximate surface area is 119 Å². The fourth-order valence-electron chi connectivity index (χ4n) is 2.52. The van der Waals surface area contributed by atoms with Crippen LogP contribution in [0.1, 0.15) is 38.5 Å². The van der Waals surface area contributed by atoms with Crippen LogP contribution in [-0.4, -0.2) is 54.4 Å². The van der Waals surface area contributed by atoms with E-state index in [9.17, 15) is 9.59 Å². The van der Waals surface area contributed by atoms with Crippen molar-refractivity contribution >= 4 is 12.0 Å². The van der Waals surface area contributed by atoms with Gasteiger partial charge in [0, 0.05) is 32.3 Å². The highest BCUT2D eigenvalue weighted by atomic mass is 16.5. The number of nitrogens with zero attached hydrogens (tertiary/aromatic N) is 1. The molecule has 1 atom stereocenters. The molecule has 0 aromatic carbocycles. The Kier molecular flexibility index (Phi) is 5.64. The van der Waals surface area contributed by atoms with E-state index in [0.717, 1.165) is 31.8 Å². The molecule has 0 bridgehead atoms. The summed E-state index contributed by atoms with van der Waals surface area (Å²) in [7, 11) is 0. The van der Waals surface area contributed by atoms with Gasteiger partial charge in [0.05, 0.1) is 6.42 Å². The molecule has 2 fully saturated rings. The Morgan fingerprint density at radius 2 is 2.10 bits per heavy atom. The zero-order valence-corrected chi connectivity index (χ0v) is 11.8. The summed E-state index contributed by atoms with van der Waals surface area (Å²) in [6.07, 6.45) is 5.08. The van der Waals surface area contributed by atoms with Crippen LogP contribution < -0.4 is 5.32 Å². The third-order valence-electron chi connectivity index (χ3n) is 3.84. The molecule has 20 heavy (non-hydrogen) atoms.